The minimum absolute atomic E-state index is 0.310. The molecule has 0 spiro atoms. The van der Waals surface area contributed by atoms with Crippen LogP contribution in [0.25, 0.3) is 11.0 Å². The maximum atomic E-state index is 12.1. The minimum atomic E-state index is -0.600. The van der Waals surface area contributed by atoms with E-state index in [1.165, 1.54) is 0 Å². The van der Waals surface area contributed by atoms with Crippen LogP contribution in [-0.4, -0.2) is 35.6 Å². The molecule has 1 N–H and O–H groups in total. The molecule has 3 rings (SSSR count). The summed E-state index contributed by atoms with van der Waals surface area (Å²) < 4.78 is 10.1. The number of nitrogens with zero attached hydrogens (tertiary/aromatic N) is 2. The molecule has 0 saturated heterocycles. The highest BCUT2D eigenvalue weighted by Crippen LogP contribution is 2.15. The Hall–Kier alpha value is -3.48. The Balaban J connectivity index is 1.57. The van der Waals surface area contributed by atoms with E-state index in [4.69, 9.17) is 9.47 Å². The molecule has 7 heteroatoms. The van der Waals surface area contributed by atoms with Crippen molar-refractivity contribution in [1.29, 1.82) is 0 Å². The monoisotopic (exact) mass is 337 g/mol. The molecule has 1 heterocycles. The topological polar surface area (TPSA) is 90.4 Å². The van der Waals surface area contributed by atoms with Crippen molar-refractivity contribution in [1.82, 2.24) is 9.97 Å². The third-order valence-corrected chi connectivity index (χ3v) is 3.41. The quantitative estimate of drug-likeness (QED) is 0.719. The Labute approximate surface area is 143 Å². The van der Waals surface area contributed by atoms with Gasteiger partial charge in [-0.3, -0.25) is 14.8 Å². The Morgan fingerprint density at radius 2 is 1.72 bits per heavy atom. The Bertz CT molecular complexity index is 910. The summed E-state index contributed by atoms with van der Waals surface area (Å²) in [5.41, 5.74) is 2.16. The Morgan fingerprint density at radius 1 is 1.00 bits per heavy atom. The summed E-state index contributed by atoms with van der Waals surface area (Å²) in [7, 11) is 1.56. The number of carbonyl (C=O) groups excluding carboxylic acids is 2. The fourth-order valence-corrected chi connectivity index (χ4v) is 2.18. The molecule has 0 unspecified atom stereocenters. The van der Waals surface area contributed by atoms with E-state index in [0.717, 1.165) is 0 Å². The van der Waals surface area contributed by atoms with Gasteiger partial charge in [0.25, 0.3) is 5.91 Å². The van der Waals surface area contributed by atoms with Crippen LogP contribution < -0.4 is 10.1 Å². The number of anilines is 1. The van der Waals surface area contributed by atoms with Crippen LogP contribution in [0.5, 0.6) is 5.75 Å². The number of hydrogen-bond acceptors (Lipinski definition) is 6. The number of amides is 1. The molecule has 0 aliphatic carbocycles. The molecule has 0 aliphatic rings. The second-order valence-corrected chi connectivity index (χ2v) is 5.11. The number of carbonyl (C=O) groups is 2. The van der Waals surface area contributed by atoms with Crippen LogP contribution in [0.1, 0.15) is 10.4 Å². The van der Waals surface area contributed by atoms with Crippen LogP contribution >= 0.6 is 0 Å². The van der Waals surface area contributed by atoms with E-state index in [1.807, 2.05) is 0 Å². The summed E-state index contributed by atoms with van der Waals surface area (Å²) in [6, 6.07) is 11.7. The molecule has 0 aliphatic heterocycles. The number of fused-ring (bicyclic) bond motifs is 1. The van der Waals surface area contributed by atoms with Gasteiger partial charge in [0.05, 0.1) is 23.7 Å². The van der Waals surface area contributed by atoms with E-state index < -0.39 is 11.9 Å². The lowest BCUT2D eigenvalue weighted by Crippen LogP contribution is -2.20. The summed E-state index contributed by atoms with van der Waals surface area (Å²) in [5, 5.41) is 2.64. The van der Waals surface area contributed by atoms with Crippen molar-refractivity contribution < 1.29 is 19.1 Å². The molecule has 3 aromatic rings. The van der Waals surface area contributed by atoms with Crippen molar-refractivity contribution in [2.75, 3.05) is 19.0 Å². The maximum absolute atomic E-state index is 12.1. The molecule has 1 aromatic heterocycles. The lowest BCUT2D eigenvalue weighted by molar-refractivity contribution is -0.119. The molecule has 2 aromatic carbocycles. The molecule has 126 valence electrons. The largest absolute Gasteiger partial charge is 0.497 e. The van der Waals surface area contributed by atoms with Gasteiger partial charge in [-0.1, -0.05) is 0 Å². The van der Waals surface area contributed by atoms with Gasteiger partial charge in [-0.25, -0.2) is 4.79 Å². The van der Waals surface area contributed by atoms with E-state index in [0.29, 0.717) is 28.0 Å². The SMILES string of the molecule is COc1ccc(NC(=O)COC(=O)c2ccc3nccnc3c2)cc1. The van der Waals surface area contributed by atoms with Crippen LogP contribution in [0.2, 0.25) is 0 Å². The molecule has 0 bridgehead atoms. The molecule has 1 amide bonds. The molecule has 0 atom stereocenters. The molecule has 0 radical (unpaired) electrons. The van der Waals surface area contributed by atoms with Crippen LogP contribution in [-0.2, 0) is 9.53 Å². The fraction of sp³-hybridized carbons (Fsp3) is 0.111. The van der Waals surface area contributed by atoms with E-state index in [1.54, 1.807) is 62.0 Å². The van der Waals surface area contributed by atoms with Crippen LogP contribution in [0.15, 0.2) is 54.9 Å². The maximum Gasteiger partial charge on any atom is 0.338 e. The van der Waals surface area contributed by atoms with E-state index in [9.17, 15) is 9.59 Å². The minimum Gasteiger partial charge on any atom is -0.497 e. The van der Waals surface area contributed by atoms with Crippen LogP contribution in [0.4, 0.5) is 5.69 Å². The van der Waals surface area contributed by atoms with Crippen molar-refractivity contribution in [3.05, 3.63) is 60.4 Å². The number of ether oxygens (including phenoxy) is 2. The number of rotatable bonds is 5. The van der Waals surface area contributed by atoms with Gasteiger partial charge in [-0.05, 0) is 42.5 Å². The van der Waals surface area contributed by atoms with Gasteiger partial charge < -0.3 is 14.8 Å². The zero-order valence-electron chi connectivity index (χ0n) is 13.4. The molecule has 7 nitrogen and oxygen atoms in total. The van der Waals surface area contributed by atoms with Crippen molar-refractivity contribution in [3.8, 4) is 5.75 Å². The first-order chi connectivity index (χ1) is 12.2. The average Bonchev–Trinajstić information content (AvgIpc) is 2.66. The van der Waals surface area contributed by atoms with Crippen LogP contribution in [0.3, 0.4) is 0 Å². The summed E-state index contributed by atoms with van der Waals surface area (Å²) in [6.45, 7) is -0.386. The molecule has 0 saturated carbocycles. The smallest absolute Gasteiger partial charge is 0.338 e. The highest BCUT2D eigenvalue weighted by molar-refractivity contribution is 5.97. The van der Waals surface area contributed by atoms with Gasteiger partial charge in [-0.2, -0.15) is 0 Å². The first kappa shape index (κ1) is 16.4. The summed E-state index contributed by atoms with van der Waals surface area (Å²) >= 11 is 0. The third kappa shape index (κ3) is 4.08. The number of aromatic nitrogens is 2. The first-order valence-corrected chi connectivity index (χ1v) is 7.47. The summed E-state index contributed by atoms with van der Waals surface area (Å²) in [4.78, 5) is 32.2. The third-order valence-electron chi connectivity index (χ3n) is 3.41. The first-order valence-electron chi connectivity index (χ1n) is 7.47. The standard InChI is InChI=1S/C18H15N3O4/c1-24-14-5-3-13(4-6-14)21-17(22)11-25-18(23)12-2-7-15-16(10-12)20-9-8-19-15/h2-10H,11H2,1H3,(H,21,22). The predicted molar refractivity (Wildman–Crippen MR) is 91.4 cm³/mol. The number of benzene rings is 2. The fourth-order valence-electron chi connectivity index (χ4n) is 2.18. The molecule has 25 heavy (non-hydrogen) atoms. The molecule has 0 fully saturated rings. The van der Waals surface area contributed by atoms with E-state index in [-0.39, 0.29) is 6.61 Å². The highest BCUT2D eigenvalue weighted by Gasteiger charge is 2.11. The van der Waals surface area contributed by atoms with Gasteiger partial charge >= 0.3 is 5.97 Å². The zero-order valence-corrected chi connectivity index (χ0v) is 13.4. The van der Waals surface area contributed by atoms with Crippen molar-refractivity contribution in [3.63, 3.8) is 0 Å². The van der Waals surface area contributed by atoms with Crippen molar-refractivity contribution >= 4 is 28.6 Å². The average molecular weight is 337 g/mol. The van der Waals surface area contributed by atoms with Crippen LogP contribution in [0, 0.1) is 0 Å². The Kier molecular flexibility index (Phi) is 4.84. The van der Waals surface area contributed by atoms with Gasteiger partial charge in [0.1, 0.15) is 5.75 Å². The van der Waals surface area contributed by atoms with E-state index in [2.05, 4.69) is 15.3 Å². The second-order valence-electron chi connectivity index (χ2n) is 5.11. The van der Waals surface area contributed by atoms with E-state index >= 15 is 0 Å². The van der Waals surface area contributed by atoms with Crippen molar-refractivity contribution in [2.45, 2.75) is 0 Å². The lowest BCUT2D eigenvalue weighted by Gasteiger charge is -2.07. The van der Waals surface area contributed by atoms with Gasteiger partial charge in [-0.15, -0.1) is 0 Å². The number of hydrogen-bond donors (Lipinski definition) is 1. The van der Waals surface area contributed by atoms with Gasteiger partial charge in [0.15, 0.2) is 6.61 Å². The summed E-state index contributed by atoms with van der Waals surface area (Å²) in [5.74, 6) is -0.347. The Morgan fingerprint density at radius 3 is 2.44 bits per heavy atom. The number of methoxy groups -OCH3 is 1. The highest BCUT2D eigenvalue weighted by atomic mass is 16.5. The molecular weight excluding hydrogens is 322 g/mol. The predicted octanol–water partition coefficient (Wildman–Crippen LogP) is 2.43. The number of nitrogens with one attached hydrogen (secondary N) is 1. The zero-order chi connectivity index (χ0) is 17.6. The molecular formula is C18H15N3O4. The number of esters is 1. The van der Waals surface area contributed by atoms with Crippen molar-refractivity contribution in [2.24, 2.45) is 0 Å². The lowest BCUT2D eigenvalue weighted by atomic mass is 10.2. The normalized spacial score (nSPS) is 10.3. The van der Waals surface area contributed by atoms with Gasteiger partial charge in [0.2, 0.25) is 0 Å². The van der Waals surface area contributed by atoms with Gasteiger partial charge in [0, 0.05) is 18.1 Å². The summed E-state index contributed by atoms with van der Waals surface area (Å²) in [6.07, 6.45) is 3.11. The second kappa shape index (κ2) is 7.39.